The van der Waals surface area contributed by atoms with Crippen LogP contribution in [0.3, 0.4) is 0 Å². The van der Waals surface area contributed by atoms with Crippen molar-refractivity contribution in [2.75, 3.05) is 13.2 Å². The lowest BCUT2D eigenvalue weighted by molar-refractivity contribution is 0.103. The molecule has 3 rings (SSSR count). The Morgan fingerprint density at radius 2 is 1.26 bits per heavy atom. The van der Waals surface area contributed by atoms with Crippen LogP contribution in [0.4, 0.5) is 0 Å². The molecule has 0 aromatic heterocycles. The first kappa shape index (κ1) is 18.2. The number of ether oxygens (including phenoxy) is 2. The maximum Gasteiger partial charge on any atom is 0.193 e. The van der Waals surface area contributed by atoms with Crippen LogP contribution in [0, 0.1) is 11.3 Å². The second kappa shape index (κ2) is 9.21. The lowest BCUT2D eigenvalue weighted by Gasteiger charge is -2.09. The molecular formula is C23H19NO3. The van der Waals surface area contributed by atoms with E-state index in [2.05, 4.69) is 6.07 Å². The van der Waals surface area contributed by atoms with Crippen molar-refractivity contribution in [3.8, 4) is 17.6 Å². The smallest absolute Gasteiger partial charge is 0.193 e. The zero-order valence-electron chi connectivity index (χ0n) is 14.8. The lowest BCUT2D eigenvalue weighted by atomic mass is 10.0. The fourth-order valence-corrected chi connectivity index (χ4v) is 2.57. The summed E-state index contributed by atoms with van der Waals surface area (Å²) in [6.45, 7) is 0.800. The highest BCUT2D eigenvalue weighted by molar-refractivity contribution is 6.08. The molecule has 0 radical (unpaired) electrons. The van der Waals surface area contributed by atoms with Crippen LogP contribution in [0.1, 0.15) is 21.5 Å². The van der Waals surface area contributed by atoms with Gasteiger partial charge < -0.3 is 9.47 Å². The van der Waals surface area contributed by atoms with Crippen molar-refractivity contribution in [1.29, 1.82) is 5.26 Å². The van der Waals surface area contributed by atoms with E-state index in [0.717, 1.165) is 11.3 Å². The summed E-state index contributed by atoms with van der Waals surface area (Å²) in [5, 5.41) is 8.66. The van der Waals surface area contributed by atoms with Gasteiger partial charge >= 0.3 is 0 Å². The zero-order chi connectivity index (χ0) is 18.9. The van der Waals surface area contributed by atoms with E-state index in [-0.39, 0.29) is 5.78 Å². The average Bonchev–Trinajstić information content (AvgIpc) is 2.73. The summed E-state index contributed by atoms with van der Waals surface area (Å²) in [6.07, 6.45) is 0.395. The molecule has 0 amide bonds. The maximum atomic E-state index is 12.4. The molecule has 0 saturated carbocycles. The van der Waals surface area contributed by atoms with Crippen molar-refractivity contribution in [3.63, 3.8) is 0 Å². The Hall–Kier alpha value is -3.58. The number of ketones is 1. The Morgan fingerprint density at radius 1 is 0.741 bits per heavy atom. The SMILES string of the molecule is N#CCc1ccc(OCCOc2ccc(C(=O)c3ccccc3)cc2)cc1. The Balaban J connectivity index is 1.46. The van der Waals surface area contributed by atoms with E-state index in [0.29, 0.717) is 36.5 Å². The summed E-state index contributed by atoms with van der Waals surface area (Å²) in [6, 6.07) is 25.8. The number of carbonyl (C=O) groups is 1. The van der Waals surface area contributed by atoms with Crippen molar-refractivity contribution in [1.82, 2.24) is 0 Å². The Kier molecular flexibility index (Phi) is 6.21. The first-order valence-electron chi connectivity index (χ1n) is 8.67. The van der Waals surface area contributed by atoms with Crippen LogP contribution in [0.25, 0.3) is 0 Å². The minimum Gasteiger partial charge on any atom is -0.490 e. The van der Waals surface area contributed by atoms with Gasteiger partial charge in [0.2, 0.25) is 0 Å². The zero-order valence-corrected chi connectivity index (χ0v) is 14.8. The van der Waals surface area contributed by atoms with E-state index in [1.165, 1.54) is 0 Å². The minimum atomic E-state index is -0.00896. The number of nitrogens with zero attached hydrogens (tertiary/aromatic N) is 1. The predicted octanol–water partition coefficient (Wildman–Crippen LogP) is 4.44. The van der Waals surface area contributed by atoms with Crippen molar-refractivity contribution >= 4 is 5.78 Å². The second-order valence-electron chi connectivity index (χ2n) is 5.90. The normalized spacial score (nSPS) is 10.0. The molecule has 0 heterocycles. The first-order valence-corrected chi connectivity index (χ1v) is 8.67. The number of benzene rings is 3. The molecule has 0 aliphatic heterocycles. The molecule has 134 valence electrons. The van der Waals surface area contributed by atoms with E-state index in [1.807, 2.05) is 42.5 Å². The predicted molar refractivity (Wildman–Crippen MR) is 103 cm³/mol. The first-order chi connectivity index (χ1) is 13.3. The van der Waals surface area contributed by atoms with Crippen LogP contribution >= 0.6 is 0 Å². The fourth-order valence-electron chi connectivity index (χ4n) is 2.57. The second-order valence-corrected chi connectivity index (χ2v) is 5.90. The van der Waals surface area contributed by atoms with Crippen LogP contribution in [-0.2, 0) is 6.42 Å². The van der Waals surface area contributed by atoms with Gasteiger partial charge in [0.05, 0.1) is 12.5 Å². The number of hydrogen-bond donors (Lipinski definition) is 0. The van der Waals surface area contributed by atoms with Gasteiger partial charge in [-0.1, -0.05) is 42.5 Å². The molecule has 27 heavy (non-hydrogen) atoms. The molecule has 4 nitrogen and oxygen atoms in total. The van der Waals surface area contributed by atoms with E-state index in [9.17, 15) is 4.79 Å². The van der Waals surface area contributed by atoms with Crippen LogP contribution < -0.4 is 9.47 Å². The fraction of sp³-hybridized carbons (Fsp3) is 0.130. The molecule has 0 unspecified atom stereocenters. The summed E-state index contributed by atoms with van der Waals surface area (Å²) in [5.41, 5.74) is 2.26. The summed E-state index contributed by atoms with van der Waals surface area (Å²) in [7, 11) is 0. The number of rotatable bonds is 8. The number of nitriles is 1. The van der Waals surface area contributed by atoms with Crippen LogP contribution in [0.15, 0.2) is 78.9 Å². The third-order valence-corrected chi connectivity index (χ3v) is 3.98. The average molecular weight is 357 g/mol. The Bertz CT molecular complexity index is 911. The number of hydrogen-bond acceptors (Lipinski definition) is 4. The molecule has 3 aromatic carbocycles. The van der Waals surface area contributed by atoms with Gasteiger partial charge in [-0.3, -0.25) is 4.79 Å². The molecule has 0 atom stereocenters. The monoisotopic (exact) mass is 357 g/mol. The molecule has 0 bridgehead atoms. The van der Waals surface area contributed by atoms with Crippen molar-refractivity contribution < 1.29 is 14.3 Å². The van der Waals surface area contributed by atoms with Crippen molar-refractivity contribution in [3.05, 3.63) is 95.6 Å². The molecule has 0 fully saturated rings. The van der Waals surface area contributed by atoms with E-state index in [1.54, 1.807) is 36.4 Å². The summed E-state index contributed by atoms with van der Waals surface area (Å²) >= 11 is 0. The van der Waals surface area contributed by atoms with Gasteiger partial charge in [0.1, 0.15) is 24.7 Å². The van der Waals surface area contributed by atoms with E-state index >= 15 is 0 Å². The molecule has 0 aliphatic carbocycles. The lowest BCUT2D eigenvalue weighted by Crippen LogP contribution is -2.09. The highest BCUT2D eigenvalue weighted by atomic mass is 16.5. The van der Waals surface area contributed by atoms with Crippen molar-refractivity contribution in [2.24, 2.45) is 0 Å². The summed E-state index contributed by atoms with van der Waals surface area (Å²) < 4.78 is 11.3. The molecule has 0 N–H and O–H groups in total. The van der Waals surface area contributed by atoms with Gasteiger partial charge in [0, 0.05) is 11.1 Å². The largest absolute Gasteiger partial charge is 0.490 e. The molecule has 0 spiro atoms. The van der Waals surface area contributed by atoms with Crippen LogP contribution in [0.5, 0.6) is 11.5 Å². The third kappa shape index (κ3) is 5.20. The van der Waals surface area contributed by atoms with Gasteiger partial charge in [-0.25, -0.2) is 0 Å². The van der Waals surface area contributed by atoms with Gasteiger partial charge in [-0.2, -0.15) is 5.26 Å². The number of carbonyl (C=O) groups excluding carboxylic acids is 1. The maximum absolute atomic E-state index is 12.4. The Morgan fingerprint density at radius 3 is 1.81 bits per heavy atom. The highest BCUT2D eigenvalue weighted by Gasteiger charge is 2.08. The minimum absolute atomic E-state index is 0.00896. The Labute approximate surface area is 158 Å². The third-order valence-electron chi connectivity index (χ3n) is 3.98. The van der Waals surface area contributed by atoms with E-state index < -0.39 is 0 Å². The van der Waals surface area contributed by atoms with Gasteiger partial charge in [0.15, 0.2) is 5.78 Å². The van der Waals surface area contributed by atoms with Crippen LogP contribution in [0.2, 0.25) is 0 Å². The highest BCUT2D eigenvalue weighted by Crippen LogP contribution is 2.16. The molecular weight excluding hydrogens is 338 g/mol. The molecule has 4 heteroatoms. The van der Waals surface area contributed by atoms with Gasteiger partial charge in [0.25, 0.3) is 0 Å². The molecule has 0 saturated heterocycles. The van der Waals surface area contributed by atoms with E-state index in [4.69, 9.17) is 14.7 Å². The summed E-state index contributed by atoms with van der Waals surface area (Å²) in [4.78, 5) is 12.4. The summed E-state index contributed by atoms with van der Waals surface area (Å²) in [5.74, 6) is 1.42. The molecule has 0 aliphatic rings. The quantitative estimate of drug-likeness (QED) is 0.442. The van der Waals surface area contributed by atoms with Gasteiger partial charge in [-0.15, -0.1) is 0 Å². The molecule has 3 aromatic rings. The topological polar surface area (TPSA) is 59.3 Å². The standard InChI is InChI=1S/C23H19NO3/c24-15-14-18-6-10-21(11-7-18)26-16-17-27-22-12-8-20(9-13-22)23(25)19-4-2-1-3-5-19/h1-13H,14,16-17H2. The van der Waals surface area contributed by atoms with Crippen LogP contribution in [-0.4, -0.2) is 19.0 Å². The van der Waals surface area contributed by atoms with Gasteiger partial charge in [-0.05, 0) is 42.0 Å². The van der Waals surface area contributed by atoms with Crippen molar-refractivity contribution in [2.45, 2.75) is 6.42 Å².